The first kappa shape index (κ1) is 15.5. The molecule has 0 saturated carbocycles. The lowest BCUT2D eigenvalue weighted by Crippen LogP contribution is -2.35. The van der Waals surface area contributed by atoms with E-state index in [1.165, 1.54) is 11.2 Å². The summed E-state index contributed by atoms with van der Waals surface area (Å²) in [6.45, 7) is 5.37. The van der Waals surface area contributed by atoms with Crippen LogP contribution >= 0.6 is 0 Å². The maximum absolute atomic E-state index is 12.5. The topological polar surface area (TPSA) is 41.1 Å². The molecule has 0 saturated heterocycles. The molecule has 0 bridgehead atoms. The first-order valence-corrected chi connectivity index (χ1v) is 6.26. The van der Waals surface area contributed by atoms with Crippen molar-refractivity contribution in [1.29, 1.82) is 0 Å². The fraction of sp³-hybridized carbons (Fsp3) is 0.667. The van der Waals surface area contributed by atoms with Gasteiger partial charge < -0.3 is 10.2 Å². The van der Waals surface area contributed by atoms with Gasteiger partial charge in [-0.05, 0) is 20.3 Å². The number of hydrogen-bond donors (Lipinski definition) is 1. The highest BCUT2D eigenvalue weighted by Gasteiger charge is 2.31. The molecule has 0 aliphatic rings. The Morgan fingerprint density at radius 1 is 1.26 bits per heavy atom. The van der Waals surface area contributed by atoms with Crippen molar-refractivity contribution in [2.45, 2.75) is 33.4 Å². The standard InChI is InChI=1S/C12H19F3N4/c1-4-6-16-10-9(3)11(18-8-17-10)19(5-2)7-12(13,14)15/h8H,4-7H2,1-3H3,(H,16,17,18). The lowest BCUT2D eigenvalue weighted by Gasteiger charge is -2.25. The van der Waals surface area contributed by atoms with Crippen molar-refractivity contribution in [2.24, 2.45) is 0 Å². The van der Waals surface area contributed by atoms with Gasteiger partial charge in [-0.15, -0.1) is 0 Å². The number of halogens is 3. The lowest BCUT2D eigenvalue weighted by atomic mass is 10.2. The average molecular weight is 276 g/mol. The van der Waals surface area contributed by atoms with Crippen LogP contribution in [0.5, 0.6) is 0 Å². The molecule has 7 heteroatoms. The predicted octanol–water partition coefficient (Wildman–Crippen LogP) is 3.00. The van der Waals surface area contributed by atoms with Gasteiger partial charge in [0.1, 0.15) is 24.5 Å². The maximum atomic E-state index is 12.5. The molecule has 108 valence electrons. The van der Waals surface area contributed by atoms with Crippen LogP contribution in [0.25, 0.3) is 0 Å². The summed E-state index contributed by atoms with van der Waals surface area (Å²) in [5.41, 5.74) is 0.641. The van der Waals surface area contributed by atoms with Crippen molar-refractivity contribution in [3.8, 4) is 0 Å². The highest BCUT2D eigenvalue weighted by atomic mass is 19.4. The van der Waals surface area contributed by atoms with E-state index >= 15 is 0 Å². The Labute approximate surface area is 111 Å². The second-order valence-electron chi connectivity index (χ2n) is 4.23. The summed E-state index contributed by atoms with van der Waals surface area (Å²) in [6, 6.07) is 0. The average Bonchev–Trinajstić information content (AvgIpc) is 2.34. The molecular formula is C12H19F3N4. The highest BCUT2D eigenvalue weighted by Crippen LogP contribution is 2.25. The van der Waals surface area contributed by atoms with Gasteiger partial charge in [0.2, 0.25) is 0 Å². The second-order valence-corrected chi connectivity index (χ2v) is 4.23. The molecule has 0 fully saturated rings. The number of rotatable bonds is 6. The van der Waals surface area contributed by atoms with Gasteiger partial charge >= 0.3 is 6.18 Å². The summed E-state index contributed by atoms with van der Waals surface area (Å²) in [6.07, 6.45) is -2.04. The molecule has 0 aromatic carbocycles. The molecule has 0 amide bonds. The van der Waals surface area contributed by atoms with Crippen LogP contribution in [-0.4, -0.2) is 35.8 Å². The highest BCUT2D eigenvalue weighted by molar-refractivity contribution is 5.57. The van der Waals surface area contributed by atoms with Crippen molar-refractivity contribution >= 4 is 11.6 Å². The van der Waals surface area contributed by atoms with Crippen molar-refractivity contribution in [3.05, 3.63) is 11.9 Å². The molecule has 0 spiro atoms. The largest absolute Gasteiger partial charge is 0.405 e. The number of nitrogens with zero attached hydrogens (tertiary/aromatic N) is 3. The van der Waals surface area contributed by atoms with Gasteiger partial charge in [0.05, 0.1) is 0 Å². The number of anilines is 2. The predicted molar refractivity (Wildman–Crippen MR) is 69.5 cm³/mol. The molecule has 4 nitrogen and oxygen atoms in total. The normalized spacial score (nSPS) is 11.5. The first-order valence-electron chi connectivity index (χ1n) is 6.26. The van der Waals surface area contributed by atoms with Crippen LogP contribution in [0.3, 0.4) is 0 Å². The van der Waals surface area contributed by atoms with E-state index in [1.807, 2.05) is 6.92 Å². The molecular weight excluding hydrogens is 257 g/mol. The quantitative estimate of drug-likeness (QED) is 0.867. The molecule has 0 unspecified atom stereocenters. The van der Waals surface area contributed by atoms with Gasteiger partial charge in [-0.25, -0.2) is 9.97 Å². The van der Waals surface area contributed by atoms with Crippen molar-refractivity contribution < 1.29 is 13.2 Å². The molecule has 0 aliphatic heterocycles. The van der Waals surface area contributed by atoms with Crippen molar-refractivity contribution in [3.63, 3.8) is 0 Å². The van der Waals surface area contributed by atoms with Crippen molar-refractivity contribution in [2.75, 3.05) is 29.9 Å². The zero-order valence-corrected chi connectivity index (χ0v) is 11.4. The fourth-order valence-electron chi connectivity index (χ4n) is 1.73. The minimum Gasteiger partial charge on any atom is -0.370 e. The van der Waals surface area contributed by atoms with Crippen LogP contribution in [0.2, 0.25) is 0 Å². The molecule has 1 N–H and O–H groups in total. The fourth-order valence-corrected chi connectivity index (χ4v) is 1.73. The Morgan fingerprint density at radius 3 is 2.47 bits per heavy atom. The summed E-state index contributed by atoms with van der Waals surface area (Å²) < 4.78 is 37.5. The number of hydrogen-bond acceptors (Lipinski definition) is 4. The Kier molecular flexibility index (Phi) is 5.38. The molecule has 1 rings (SSSR count). The summed E-state index contributed by atoms with van der Waals surface area (Å²) in [4.78, 5) is 9.24. The van der Waals surface area contributed by atoms with Gasteiger partial charge in [0, 0.05) is 18.7 Å². The summed E-state index contributed by atoms with van der Waals surface area (Å²) in [7, 11) is 0. The zero-order valence-electron chi connectivity index (χ0n) is 11.4. The Balaban J connectivity index is 2.97. The Hall–Kier alpha value is -1.53. The second kappa shape index (κ2) is 6.58. The summed E-state index contributed by atoms with van der Waals surface area (Å²) >= 11 is 0. The van der Waals surface area contributed by atoms with E-state index < -0.39 is 12.7 Å². The van der Waals surface area contributed by atoms with E-state index in [0.29, 0.717) is 17.2 Å². The summed E-state index contributed by atoms with van der Waals surface area (Å²) in [5, 5.41) is 3.09. The molecule has 1 aromatic heterocycles. The molecule has 1 aromatic rings. The zero-order chi connectivity index (χ0) is 14.5. The third-order valence-corrected chi connectivity index (χ3v) is 2.65. The van der Waals surface area contributed by atoms with Gasteiger partial charge in [0.15, 0.2) is 0 Å². The SMILES string of the molecule is CCCNc1ncnc(N(CC)CC(F)(F)F)c1C. The van der Waals surface area contributed by atoms with E-state index in [2.05, 4.69) is 15.3 Å². The Bertz CT molecular complexity index is 406. The number of nitrogens with one attached hydrogen (secondary N) is 1. The van der Waals surface area contributed by atoms with Gasteiger partial charge in [-0.1, -0.05) is 6.92 Å². The molecule has 0 atom stereocenters. The summed E-state index contributed by atoms with van der Waals surface area (Å²) in [5.74, 6) is 0.918. The number of alkyl halides is 3. The smallest absolute Gasteiger partial charge is 0.370 e. The van der Waals surface area contributed by atoms with E-state index in [1.54, 1.807) is 13.8 Å². The number of aromatic nitrogens is 2. The third kappa shape index (κ3) is 4.57. The van der Waals surface area contributed by atoms with Crippen LogP contribution in [0.4, 0.5) is 24.8 Å². The first-order chi connectivity index (χ1) is 8.89. The van der Waals surface area contributed by atoms with Crippen LogP contribution in [-0.2, 0) is 0 Å². The van der Waals surface area contributed by atoms with E-state index in [4.69, 9.17) is 0 Å². The van der Waals surface area contributed by atoms with E-state index in [-0.39, 0.29) is 6.54 Å². The van der Waals surface area contributed by atoms with Crippen LogP contribution in [0, 0.1) is 6.92 Å². The monoisotopic (exact) mass is 276 g/mol. The molecule has 19 heavy (non-hydrogen) atoms. The van der Waals surface area contributed by atoms with Gasteiger partial charge in [-0.2, -0.15) is 13.2 Å². The Morgan fingerprint density at radius 2 is 1.95 bits per heavy atom. The van der Waals surface area contributed by atoms with Crippen LogP contribution < -0.4 is 10.2 Å². The van der Waals surface area contributed by atoms with Gasteiger partial charge in [0.25, 0.3) is 0 Å². The lowest BCUT2D eigenvalue weighted by molar-refractivity contribution is -0.119. The van der Waals surface area contributed by atoms with E-state index in [9.17, 15) is 13.2 Å². The molecule has 0 aliphatic carbocycles. The third-order valence-electron chi connectivity index (χ3n) is 2.65. The van der Waals surface area contributed by atoms with Gasteiger partial charge in [-0.3, -0.25) is 0 Å². The molecule has 0 radical (unpaired) electrons. The molecule has 1 heterocycles. The van der Waals surface area contributed by atoms with E-state index in [0.717, 1.165) is 13.0 Å². The van der Waals surface area contributed by atoms with Crippen molar-refractivity contribution in [1.82, 2.24) is 9.97 Å². The minimum atomic E-state index is -4.25. The van der Waals surface area contributed by atoms with Crippen LogP contribution in [0.15, 0.2) is 6.33 Å². The van der Waals surface area contributed by atoms with Crippen LogP contribution in [0.1, 0.15) is 25.8 Å². The maximum Gasteiger partial charge on any atom is 0.405 e. The minimum absolute atomic E-state index is 0.241.